The fourth-order valence-corrected chi connectivity index (χ4v) is 2.98. The van der Waals surface area contributed by atoms with Gasteiger partial charge in [-0.3, -0.25) is 4.99 Å². The molecule has 0 aliphatic heterocycles. The van der Waals surface area contributed by atoms with E-state index in [9.17, 15) is 0 Å². The molecule has 0 spiro atoms. The van der Waals surface area contributed by atoms with E-state index in [1.807, 2.05) is 18.2 Å². The quantitative estimate of drug-likeness (QED) is 0.606. The largest absolute Gasteiger partial charge is 0.409 e. The van der Waals surface area contributed by atoms with Crippen molar-refractivity contribution in [2.45, 2.75) is 25.7 Å². The fourth-order valence-electron chi connectivity index (χ4n) is 1.91. The van der Waals surface area contributed by atoms with Gasteiger partial charge in [-0.2, -0.15) is 0 Å². The van der Waals surface area contributed by atoms with Crippen molar-refractivity contribution in [3.8, 4) is 0 Å². The molecule has 2 rings (SSSR count). The van der Waals surface area contributed by atoms with Crippen molar-refractivity contribution in [1.29, 1.82) is 0 Å². The zero-order valence-electron chi connectivity index (χ0n) is 12.7. The number of hydrogen-bond acceptors (Lipinski definition) is 4. The summed E-state index contributed by atoms with van der Waals surface area (Å²) in [5.41, 5.74) is 1.16. The van der Waals surface area contributed by atoms with Crippen LogP contribution in [0.25, 0.3) is 0 Å². The number of nitrogens with zero attached hydrogens (tertiary/aromatic N) is 3. The minimum Gasteiger partial charge on any atom is -0.409 e. The van der Waals surface area contributed by atoms with Crippen molar-refractivity contribution in [3.63, 3.8) is 0 Å². The Bertz CT molecular complexity index is 567. The molecule has 0 amide bonds. The van der Waals surface area contributed by atoms with Gasteiger partial charge in [-0.25, -0.2) is 9.97 Å². The second-order valence-electron chi connectivity index (χ2n) is 5.73. The Morgan fingerprint density at radius 1 is 1.10 bits per heavy atom. The molecule has 0 N–H and O–H groups in total. The van der Waals surface area contributed by atoms with Crippen LogP contribution in [-0.4, -0.2) is 31.0 Å². The van der Waals surface area contributed by atoms with Crippen molar-refractivity contribution in [2.24, 2.45) is 4.99 Å². The Hall–Kier alpha value is -1.85. The first-order chi connectivity index (χ1) is 10.0. The normalized spacial score (nSPS) is 13.5. The van der Waals surface area contributed by atoms with Crippen LogP contribution in [0.4, 0.5) is 0 Å². The summed E-state index contributed by atoms with van der Waals surface area (Å²) in [5, 5.41) is 0. The first kappa shape index (κ1) is 15.5. The first-order valence-electron chi connectivity index (χ1n) is 7.04. The van der Waals surface area contributed by atoms with Crippen LogP contribution >= 0.6 is 0 Å². The summed E-state index contributed by atoms with van der Waals surface area (Å²) in [4.78, 5) is 12.7. The third kappa shape index (κ3) is 5.57. The standard InChI is InChI=1S/C16H21N3OSi/c1-21(2,3)20-15(14-8-5-4-6-9-14)12-17-13-16-18-10-7-11-19-16/h4-11,13,15H,12H2,1-3H3. The van der Waals surface area contributed by atoms with Gasteiger partial charge in [-0.05, 0) is 31.3 Å². The van der Waals surface area contributed by atoms with Crippen molar-refractivity contribution >= 4 is 14.5 Å². The molecule has 0 bridgehead atoms. The Labute approximate surface area is 127 Å². The number of aliphatic imine (C=N–C) groups is 1. The van der Waals surface area contributed by atoms with Crippen LogP contribution in [0.1, 0.15) is 17.5 Å². The van der Waals surface area contributed by atoms with E-state index >= 15 is 0 Å². The van der Waals surface area contributed by atoms with Gasteiger partial charge in [-0.1, -0.05) is 30.3 Å². The predicted octanol–water partition coefficient (Wildman–Crippen LogP) is 3.49. The Balaban J connectivity index is 2.08. The number of rotatable bonds is 6. The molecule has 5 heteroatoms. The van der Waals surface area contributed by atoms with E-state index in [0.29, 0.717) is 12.4 Å². The van der Waals surface area contributed by atoms with Crippen LogP contribution in [0.2, 0.25) is 19.6 Å². The third-order valence-corrected chi connectivity index (χ3v) is 3.72. The molecule has 1 unspecified atom stereocenters. The highest BCUT2D eigenvalue weighted by molar-refractivity contribution is 6.69. The van der Waals surface area contributed by atoms with E-state index in [4.69, 9.17) is 4.43 Å². The summed E-state index contributed by atoms with van der Waals surface area (Å²) in [5.74, 6) is 0.623. The van der Waals surface area contributed by atoms with Gasteiger partial charge < -0.3 is 4.43 Å². The molecule has 0 aliphatic carbocycles. The van der Waals surface area contributed by atoms with Crippen LogP contribution in [0.3, 0.4) is 0 Å². The van der Waals surface area contributed by atoms with E-state index in [-0.39, 0.29) is 6.10 Å². The fraction of sp³-hybridized carbons (Fsp3) is 0.312. The van der Waals surface area contributed by atoms with Gasteiger partial charge >= 0.3 is 0 Å². The summed E-state index contributed by atoms with van der Waals surface area (Å²) < 4.78 is 6.25. The van der Waals surface area contributed by atoms with Gasteiger partial charge in [0, 0.05) is 12.4 Å². The van der Waals surface area contributed by atoms with E-state index in [2.05, 4.69) is 46.7 Å². The molecule has 0 saturated heterocycles. The molecular weight excluding hydrogens is 278 g/mol. The van der Waals surface area contributed by atoms with Gasteiger partial charge in [-0.15, -0.1) is 0 Å². The molecule has 1 aromatic heterocycles. The molecule has 0 fully saturated rings. The maximum absolute atomic E-state index is 6.25. The Morgan fingerprint density at radius 3 is 2.38 bits per heavy atom. The molecule has 0 saturated carbocycles. The molecule has 1 atom stereocenters. The van der Waals surface area contributed by atoms with Crippen LogP contribution in [-0.2, 0) is 4.43 Å². The molecule has 0 aliphatic rings. The second kappa shape index (κ2) is 7.24. The minimum absolute atomic E-state index is 0.0159. The molecule has 1 aromatic carbocycles. The molecular formula is C16H21N3OSi. The molecule has 0 radical (unpaired) electrons. The van der Waals surface area contributed by atoms with Crippen molar-refractivity contribution < 1.29 is 4.43 Å². The summed E-state index contributed by atoms with van der Waals surface area (Å²) in [6.45, 7) is 7.14. The highest BCUT2D eigenvalue weighted by Gasteiger charge is 2.21. The van der Waals surface area contributed by atoms with Gasteiger partial charge in [0.1, 0.15) is 0 Å². The Morgan fingerprint density at radius 2 is 1.76 bits per heavy atom. The predicted molar refractivity (Wildman–Crippen MR) is 88.1 cm³/mol. The van der Waals surface area contributed by atoms with Crippen molar-refractivity contribution in [3.05, 3.63) is 60.2 Å². The van der Waals surface area contributed by atoms with Gasteiger partial charge in [0.25, 0.3) is 0 Å². The summed E-state index contributed by atoms with van der Waals surface area (Å²) in [7, 11) is -1.64. The lowest BCUT2D eigenvalue weighted by Gasteiger charge is -2.25. The average molecular weight is 299 g/mol. The van der Waals surface area contributed by atoms with E-state index in [1.54, 1.807) is 24.7 Å². The van der Waals surface area contributed by atoms with Crippen LogP contribution in [0, 0.1) is 0 Å². The van der Waals surface area contributed by atoms with E-state index < -0.39 is 8.32 Å². The monoisotopic (exact) mass is 299 g/mol. The molecule has 2 aromatic rings. The molecule has 1 heterocycles. The lowest BCUT2D eigenvalue weighted by molar-refractivity contribution is 0.207. The molecule has 110 valence electrons. The lowest BCUT2D eigenvalue weighted by atomic mass is 10.1. The maximum Gasteiger partial charge on any atom is 0.184 e. The van der Waals surface area contributed by atoms with Gasteiger partial charge in [0.15, 0.2) is 14.1 Å². The van der Waals surface area contributed by atoms with Crippen LogP contribution in [0.15, 0.2) is 53.8 Å². The van der Waals surface area contributed by atoms with E-state index in [0.717, 1.165) is 5.56 Å². The summed E-state index contributed by atoms with van der Waals surface area (Å²) >= 11 is 0. The summed E-state index contributed by atoms with van der Waals surface area (Å²) in [6, 6.07) is 12.0. The van der Waals surface area contributed by atoms with Crippen LogP contribution < -0.4 is 0 Å². The van der Waals surface area contributed by atoms with Crippen molar-refractivity contribution in [1.82, 2.24) is 9.97 Å². The lowest BCUT2D eigenvalue weighted by Crippen LogP contribution is -2.29. The highest BCUT2D eigenvalue weighted by atomic mass is 28.4. The van der Waals surface area contributed by atoms with Crippen molar-refractivity contribution in [2.75, 3.05) is 6.54 Å². The number of hydrogen-bond donors (Lipinski definition) is 0. The Kier molecular flexibility index (Phi) is 5.36. The first-order valence-corrected chi connectivity index (χ1v) is 10.4. The minimum atomic E-state index is -1.64. The zero-order valence-corrected chi connectivity index (χ0v) is 13.7. The van der Waals surface area contributed by atoms with Crippen LogP contribution in [0.5, 0.6) is 0 Å². The number of benzene rings is 1. The third-order valence-electron chi connectivity index (χ3n) is 2.73. The number of aromatic nitrogens is 2. The van der Waals surface area contributed by atoms with Gasteiger partial charge in [0.2, 0.25) is 0 Å². The SMILES string of the molecule is C[Si](C)(C)OC(CN=Cc1ncccn1)c1ccccc1. The topological polar surface area (TPSA) is 47.4 Å². The maximum atomic E-state index is 6.25. The smallest absolute Gasteiger partial charge is 0.184 e. The average Bonchev–Trinajstić information content (AvgIpc) is 2.47. The van der Waals surface area contributed by atoms with E-state index in [1.165, 1.54) is 0 Å². The molecule has 4 nitrogen and oxygen atoms in total. The summed E-state index contributed by atoms with van der Waals surface area (Å²) in [6.07, 6.45) is 5.10. The zero-order chi connectivity index (χ0) is 15.1. The molecule has 21 heavy (non-hydrogen) atoms. The second-order valence-corrected chi connectivity index (χ2v) is 10.2. The highest BCUT2D eigenvalue weighted by Crippen LogP contribution is 2.22. The van der Waals surface area contributed by atoms with Gasteiger partial charge in [0.05, 0.1) is 18.9 Å².